The summed E-state index contributed by atoms with van der Waals surface area (Å²) in [5.41, 5.74) is 3.64. The lowest BCUT2D eigenvalue weighted by molar-refractivity contribution is 0.236. The maximum Gasteiger partial charge on any atom is 0.315 e. The number of amides is 2. The van der Waals surface area contributed by atoms with Gasteiger partial charge in [-0.3, -0.25) is 0 Å². The first-order valence-corrected chi connectivity index (χ1v) is 8.55. The molecule has 116 valence electrons. The molecule has 2 N–H and O–H groups in total. The number of carbonyl (C=O) groups is 1. The van der Waals surface area contributed by atoms with Crippen LogP contribution in [0.1, 0.15) is 47.1 Å². The van der Waals surface area contributed by atoms with Crippen LogP contribution in [0.2, 0.25) is 0 Å². The van der Waals surface area contributed by atoms with Crippen LogP contribution in [-0.2, 0) is 6.42 Å². The minimum Gasteiger partial charge on any atom is -0.337 e. The van der Waals surface area contributed by atoms with Gasteiger partial charge in [0.25, 0.3) is 0 Å². The highest BCUT2D eigenvalue weighted by Gasteiger charge is 2.23. The molecule has 5 heteroatoms. The maximum atomic E-state index is 12.1. The monoisotopic (exact) mass is 315 g/mol. The Balaban J connectivity index is 1.51. The first-order valence-electron chi connectivity index (χ1n) is 7.67. The van der Waals surface area contributed by atoms with E-state index in [-0.39, 0.29) is 18.0 Å². The van der Waals surface area contributed by atoms with Gasteiger partial charge >= 0.3 is 6.03 Å². The van der Waals surface area contributed by atoms with Crippen LogP contribution in [0.5, 0.6) is 0 Å². The molecule has 0 saturated heterocycles. The zero-order valence-corrected chi connectivity index (χ0v) is 13.7. The fraction of sp³-hybridized carbons (Fsp3) is 0.412. The molecule has 3 rings (SSSR count). The normalized spacial score (nSPS) is 17.8. The fourth-order valence-corrected chi connectivity index (χ4v) is 3.70. The molecule has 1 aromatic heterocycles. The quantitative estimate of drug-likeness (QED) is 0.906. The second-order valence-corrected chi connectivity index (χ2v) is 6.76. The van der Waals surface area contributed by atoms with Crippen molar-refractivity contribution >= 4 is 17.4 Å². The number of aromatic nitrogens is 1. The lowest BCUT2D eigenvalue weighted by Crippen LogP contribution is -2.39. The van der Waals surface area contributed by atoms with E-state index >= 15 is 0 Å². The molecule has 1 aliphatic rings. The number of hydrogen-bond donors (Lipinski definition) is 2. The number of nitrogens with zero attached hydrogens (tertiary/aromatic N) is 1. The summed E-state index contributed by atoms with van der Waals surface area (Å²) < 4.78 is 0. The smallest absolute Gasteiger partial charge is 0.315 e. The zero-order valence-electron chi connectivity index (χ0n) is 12.9. The maximum absolute atomic E-state index is 12.1. The molecule has 2 amide bonds. The first kappa shape index (κ1) is 15.0. The molecule has 1 aliphatic carbocycles. The number of urea groups is 1. The summed E-state index contributed by atoms with van der Waals surface area (Å²) in [6.45, 7) is 4.68. The fourth-order valence-electron chi connectivity index (χ4n) is 2.85. The Morgan fingerprint density at radius 3 is 3.05 bits per heavy atom. The van der Waals surface area contributed by atoms with Crippen molar-refractivity contribution in [3.8, 4) is 0 Å². The van der Waals surface area contributed by atoms with E-state index in [2.05, 4.69) is 40.7 Å². The summed E-state index contributed by atoms with van der Waals surface area (Å²) in [6.07, 6.45) is 2.02. The molecule has 1 aromatic carbocycles. The van der Waals surface area contributed by atoms with Crippen LogP contribution in [0.3, 0.4) is 0 Å². The number of aryl methyl sites for hydroxylation is 2. The summed E-state index contributed by atoms with van der Waals surface area (Å²) in [6, 6.07) is 8.37. The molecule has 0 fully saturated rings. The van der Waals surface area contributed by atoms with Crippen molar-refractivity contribution < 1.29 is 4.79 Å². The molecule has 0 saturated carbocycles. The number of thiazole rings is 1. The Morgan fingerprint density at radius 2 is 2.27 bits per heavy atom. The second kappa shape index (κ2) is 6.48. The molecule has 4 nitrogen and oxygen atoms in total. The standard InChI is InChI=1S/C17H21N3OS/c1-11(16-19-12(2)10-22-16)9-18-17(21)20-15-8-7-13-5-3-4-6-14(13)15/h3-6,10-11,15H,7-9H2,1-2H3,(H2,18,20,21)/t11-,15+/m1/s1. The lowest BCUT2D eigenvalue weighted by Gasteiger charge is -2.16. The topological polar surface area (TPSA) is 54.0 Å². The molecule has 0 bridgehead atoms. The van der Waals surface area contributed by atoms with E-state index in [0.717, 1.165) is 23.5 Å². The van der Waals surface area contributed by atoms with E-state index < -0.39 is 0 Å². The van der Waals surface area contributed by atoms with Gasteiger partial charge in [0.05, 0.1) is 11.0 Å². The van der Waals surface area contributed by atoms with Gasteiger partial charge in [0, 0.05) is 23.5 Å². The summed E-state index contributed by atoms with van der Waals surface area (Å²) >= 11 is 1.65. The van der Waals surface area contributed by atoms with Crippen LogP contribution >= 0.6 is 11.3 Å². The number of nitrogens with one attached hydrogen (secondary N) is 2. The summed E-state index contributed by atoms with van der Waals surface area (Å²) in [5, 5.41) is 9.16. The highest BCUT2D eigenvalue weighted by Crippen LogP contribution is 2.30. The molecule has 22 heavy (non-hydrogen) atoms. The Hall–Kier alpha value is -1.88. The SMILES string of the molecule is Cc1csc([C@H](C)CNC(=O)N[C@H]2CCc3ccccc32)n1. The van der Waals surface area contributed by atoms with Crippen molar-refractivity contribution in [1.82, 2.24) is 15.6 Å². The van der Waals surface area contributed by atoms with Crippen molar-refractivity contribution in [1.29, 1.82) is 0 Å². The summed E-state index contributed by atoms with van der Waals surface area (Å²) in [4.78, 5) is 16.6. The molecular formula is C17H21N3OS. The third-order valence-electron chi connectivity index (χ3n) is 4.07. The summed E-state index contributed by atoms with van der Waals surface area (Å²) in [5.74, 6) is 0.236. The van der Waals surface area contributed by atoms with E-state index in [1.807, 2.05) is 18.4 Å². The Bertz CT molecular complexity index is 667. The predicted octanol–water partition coefficient (Wildman–Crippen LogP) is 3.54. The lowest BCUT2D eigenvalue weighted by atomic mass is 10.1. The Labute approximate surface area is 135 Å². The van der Waals surface area contributed by atoms with Crippen molar-refractivity contribution in [2.24, 2.45) is 0 Å². The van der Waals surface area contributed by atoms with Crippen LogP contribution in [-0.4, -0.2) is 17.6 Å². The van der Waals surface area contributed by atoms with E-state index in [1.54, 1.807) is 11.3 Å². The van der Waals surface area contributed by atoms with Crippen LogP contribution in [0.15, 0.2) is 29.6 Å². The van der Waals surface area contributed by atoms with Crippen molar-refractivity contribution in [3.63, 3.8) is 0 Å². The third kappa shape index (κ3) is 3.30. The van der Waals surface area contributed by atoms with E-state index in [1.165, 1.54) is 11.1 Å². The van der Waals surface area contributed by atoms with Crippen LogP contribution in [0, 0.1) is 6.92 Å². The molecule has 2 aromatic rings. The van der Waals surface area contributed by atoms with Gasteiger partial charge in [-0.15, -0.1) is 11.3 Å². The van der Waals surface area contributed by atoms with Gasteiger partial charge in [-0.25, -0.2) is 9.78 Å². The second-order valence-electron chi connectivity index (χ2n) is 5.87. The Morgan fingerprint density at radius 1 is 1.45 bits per heavy atom. The summed E-state index contributed by atoms with van der Waals surface area (Å²) in [7, 11) is 0. The molecule has 0 unspecified atom stereocenters. The molecular weight excluding hydrogens is 294 g/mol. The molecule has 2 atom stereocenters. The van der Waals surface area contributed by atoms with Gasteiger partial charge in [-0.1, -0.05) is 31.2 Å². The highest BCUT2D eigenvalue weighted by molar-refractivity contribution is 7.09. The number of benzene rings is 1. The highest BCUT2D eigenvalue weighted by atomic mass is 32.1. The first-order chi connectivity index (χ1) is 10.6. The number of rotatable bonds is 4. The minimum absolute atomic E-state index is 0.0955. The van der Waals surface area contributed by atoms with Crippen molar-refractivity contribution in [2.45, 2.75) is 38.6 Å². The van der Waals surface area contributed by atoms with Crippen molar-refractivity contribution in [2.75, 3.05) is 6.54 Å². The zero-order chi connectivity index (χ0) is 15.5. The molecule has 1 heterocycles. The molecule has 0 aliphatic heterocycles. The molecule has 0 spiro atoms. The predicted molar refractivity (Wildman–Crippen MR) is 89.3 cm³/mol. The van der Waals surface area contributed by atoms with Crippen molar-refractivity contribution in [3.05, 3.63) is 51.5 Å². The third-order valence-corrected chi connectivity index (χ3v) is 5.26. The molecule has 0 radical (unpaired) electrons. The number of fused-ring (bicyclic) bond motifs is 1. The number of hydrogen-bond acceptors (Lipinski definition) is 3. The average Bonchev–Trinajstić information content (AvgIpc) is 3.12. The van der Waals surface area contributed by atoms with Gasteiger partial charge in [-0.2, -0.15) is 0 Å². The van der Waals surface area contributed by atoms with Gasteiger partial charge in [-0.05, 0) is 30.9 Å². The van der Waals surface area contributed by atoms with Crippen LogP contribution < -0.4 is 10.6 Å². The van der Waals surface area contributed by atoms with Gasteiger partial charge in [0.2, 0.25) is 0 Å². The minimum atomic E-state index is -0.0955. The van der Waals surface area contributed by atoms with Crippen LogP contribution in [0.25, 0.3) is 0 Å². The van der Waals surface area contributed by atoms with Gasteiger partial charge in [0.15, 0.2) is 0 Å². The largest absolute Gasteiger partial charge is 0.337 e. The Kier molecular flexibility index (Phi) is 4.43. The van der Waals surface area contributed by atoms with E-state index in [9.17, 15) is 4.79 Å². The average molecular weight is 315 g/mol. The number of carbonyl (C=O) groups excluding carboxylic acids is 1. The van der Waals surface area contributed by atoms with Gasteiger partial charge in [0.1, 0.15) is 0 Å². The van der Waals surface area contributed by atoms with Crippen LogP contribution in [0.4, 0.5) is 4.79 Å². The van der Waals surface area contributed by atoms with Gasteiger partial charge < -0.3 is 10.6 Å². The van der Waals surface area contributed by atoms with E-state index in [4.69, 9.17) is 0 Å². The van der Waals surface area contributed by atoms with E-state index in [0.29, 0.717) is 6.54 Å².